The van der Waals surface area contributed by atoms with Crippen molar-refractivity contribution in [1.82, 2.24) is 4.31 Å². The van der Waals surface area contributed by atoms with E-state index in [9.17, 15) is 13.2 Å². The van der Waals surface area contributed by atoms with Crippen molar-refractivity contribution in [2.45, 2.75) is 31.6 Å². The zero-order valence-corrected chi connectivity index (χ0v) is 12.8. The number of carbonyl (C=O) groups excluding carboxylic acids is 1. The van der Waals surface area contributed by atoms with E-state index in [1.165, 1.54) is 16.4 Å². The largest absolute Gasteiger partial charge is 0.294 e. The molecule has 0 amide bonds. The SMILES string of the molecule is C=CCN(CCC)S(=O)(=O)c1cccc(C(=O)CC)c1. The van der Waals surface area contributed by atoms with Crippen LogP contribution in [0, 0.1) is 0 Å². The molecule has 0 spiro atoms. The zero-order chi connectivity index (χ0) is 15.2. The lowest BCUT2D eigenvalue weighted by Crippen LogP contribution is -2.32. The summed E-state index contributed by atoms with van der Waals surface area (Å²) in [6, 6.07) is 6.22. The van der Waals surface area contributed by atoms with Crippen molar-refractivity contribution in [3.63, 3.8) is 0 Å². The molecule has 0 atom stereocenters. The fraction of sp³-hybridized carbons (Fsp3) is 0.400. The van der Waals surface area contributed by atoms with Crippen molar-refractivity contribution in [3.05, 3.63) is 42.5 Å². The van der Waals surface area contributed by atoms with Gasteiger partial charge in [-0.05, 0) is 18.6 Å². The second kappa shape index (κ2) is 7.36. The van der Waals surface area contributed by atoms with Crippen LogP contribution in [0.4, 0.5) is 0 Å². The lowest BCUT2D eigenvalue weighted by Gasteiger charge is -2.20. The van der Waals surface area contributed by atoms with E-state index in [4.69, 9.17) is 0 Å². The third kappa shape index (κ3) is 3.77. The number of hydrogen-bond donors (Lipinski definition) is 0. The molecule has 0 radical (unpaired) electrons. The van der Waals surface area contributed by atoms with Crippen LogP contribution in [0.2, 0.25) is 0 Å². The number of carbonyl (C=O) groups is 1. The Morgan fingerprint density at radius 3 is 2.60 bits per heavy atom. The van der Waals surface area contributed by atoms with Crippen LogP contribution in [-0.4, -0.2) is 31.6 Å². The molecule has 0 aliphatic rings. The molecule has 5 heteroatoms. The topological polar surface area (TPSA) is 54.5 Å². The summed E-state index contributed by atoms with van der Waals surface area (Å²) in [5.74, 6) is -0.0622. The Morgan fingerprint density at radius 1 is 1.35 bits per heavy atom. The minimum Gasteiger partial charge on any atom is -0.294 e. The Labute approximate surface area is 121 Å². The molecule has 0 aromatic heterocycles. The maximum absolute atomic E-state index is 12.5. The molecule has 0 aliphatic carbocycles. The van der Waals surface area contributed by atoms with Crippen molar-refractivity contribution >= 4 is 15.8 Å². The van der Waals surface area contributed by atoms with Gasteiger partial charge in [-0.15, -0.1) is 6.58 Å². The highest BCUT2D eigenvalue weighted by Crippen LogP contribution is 2.18. The van der Waals surface area contributed by atoms with Gasteiger partial charge in [0.2, 0.25) is 10.0 Å². The van der Waals surface area contributed by atoms with E-state index in [-0.39, 0.29) is 17.2 Å². The van der Waals surface area contributed by atoms with E-state index < -0.39 is 10.0 Å². The van der Waals surface area contributed by atoms with E-state index in [2.05, 4.69) is 6.58 Å². The first-order valence-corrected chi connectivity index (χ1v) is 8.15. The normalized spacial score (nSPS) is 11.6. The number of sulfonamides is 1. The van der Waals surface area contributed by atoms with Crippen molar-refractivity contribution in [1.29, 1.82) is 0 Å². The summed E-state index contributed by atoms with van der Waals surface area (Å²) in [5.41, 5.74) is 0.434. The molecule has 0 bridgehead atoms. The Hall–Kier alpha value is -1.46. The highest BCUT2D eigenvalue weighted by atomic mass is 32.2. The van der Waals surface area contributed by atoms with Gasteiger partial charge in [0.25, 0.3) is 0 Å². The van der Waals surface area contributed by atoms with Crippen LogP contribution in [0.25, 0.3) is 0 Å². The molecule has 0 saturated carbocycles. The third-order valence-electron chi connectivity index (χ3n) is 2.92. The monoisotopic (exact) mass is 295 g/mol. The van der Waals surface area contributed by atoms with Crippen LogP contribution in [0.3, 0.4) is 0 Å². The standard InChI is InChI=1S/C15H21NO3S/c1-4-10-16(11-5-2)20(18,19)14-9-7-8-13(12-14)15(17)6-3/h4,7-9,12H,1,5-6,10-11H2,2-3H3. The number of Topliss-reactive ketones (excluding diaryl/α,β-unsaturated/α-hetero) is 1. The summed E-state index contributed by atoms with van der Waals surface area (Å²) in [4.78, 5) is 11.8. The molecule has 1 aromatic rings. The highest BCUT2D eigenvalue weighted by molar-refractivity contribution is 7.89. The molecule has 0 unspecified atom stereocenters. The maximum atomic E-state index is 12.5. The number of hydrogen-bond acceptors (Lipinski definition) is 3. The van der Waals surface area contributed by atoms with Crippen LogP contribution in [0.1, 0.15) is 37.0 Å². The van der Waals surface area contributed by atoms with E-state index >= 15 is 0 Å². The van der Waals surface area contributed by atoms with Gasteiger partial charge in [0.15, 0.2) is 5.78 Å². The van der Waals surface area contributed by atoms with Gasteiger partial charge >= 0.3 is 0 Å². The van der Waals surface area contributed by atoms with Crippen LogP contribution < -0.4 is 0 Å². The average Bonchev–Trinajstić information content (AvgIpc) is 2.46. The molecular weight excluding hydrogens is 274 g/mol. The quantitative estimate of drug-likeness (QED) is 0.547. The molecular formula is C15H21NO3S. The van der Waals surface area contributed by atoms with E-state index in [1.54, 1.807) is 25.1 Å². The average molecular weight is 295 g/mol. The third-order valence-corrected chi connectivity index (χ3v) is 4.78. The van der Waals surface area contributed by atoms with Gasteiger partial charge in [-0.1, -0.05) is 32.1 Å². The highest BCUT2D eigenvalue weighted by Gasteiger charge is 2.23. The number of ketones is 1. The predicted octanol–water partition coefficient (Wildman–Crippen LogP) is 2.87. The van der Waals surface area contributed by atoms with Gasteiger partial charge in [0, 0.05) is 25.1 Å². The summed E-state index contributed by atoms with van der Waals surface area (Å²) in [6.45, 7) is 7.96. The number of rotatable bonds is 8. The van der Waals surface area contributed by atoms with Crippen molar-refractivity contribution in [3.8, 4) is 0 Å². The van der Waals surface area contributed by atoms with Crippen molar-refractivity contribution < 1.29 is 13.2 Å². The second-order valence-electron chi connectivity index (χ2n) is 4.46. The molecule has 1 aromatic carbocycles. The molecule has 20 heavy (non-hydrogen) atoms. The molecule has 1 rings (SSSR count). The molecule has 0 heterocycles. The lowest BCUT2D eigenvalue weighted by molar-refractivity contribution is 0.0988. The molecule has 0 aliphatic heterocycles. The van der Waals surface area contributed by atoms with Crippen molar-refractivity contribution in [2.75, 3.05) is 13.1 Å². The number of nitrogens with zero attached hydrogens (tertiary/aromatic N) is 1. The van der Waals surface area contributed by atoms with E-state index in [0.29, 0.717) is 18.5 Å². The van der Waals surface area contributed by atoms with Crippen LogP contribution in [0.15, 0.2) is 41.8 Å². The maximum Gasteiger partial charge on any atom is 0.243 e. The first-order valence-electron chi connectivity index (χ1n) is 6.71. The van der Waals surface area contributed by atoms with Crippen LogP contribution >= 0.6 is 0 Å². The Morgan fingerprint density at radius 2 is 2.05 bits per heavy atom. The lowest BCUT2D eigenvalue weighted by atomic mass is 10.1. The Bertz CT molecular complexity index is 579. The van der Waals surface area contributed by atoms with Crippen LogP contribution in [-0.2, 0) is 10.0 Å². The molecule has 0 N–H and O–H groups in total. The number of benzene rings is 1. The molecule has 110 valence electrons. The van der Waals surface area contributed by atoms with Crippen molar-refractivity contribution in [2.24, 2.45) is 0 Å². The Balaban J connectivity index is 3.19. The van der Waals surface area contributed by atoms with E-state index in [1.807, 2.05) is 6.92 Å². The van der Waals surface area contributed by atoms with Gasteiger partial charge < -0.3 is 0 Å². The van der Waals surface area contributed by atoms with Gasteiger partial charge in [-0.2, -0.15) is 4.31 Å². The minimum absolute atomic E-state index is 0.0622. The van der Waals surface area contributed by atoms with Gasteiger partial charge in [0.1, 0.15) is 0 Å². The fourth-order valence-corrected chi connectivity index (χ4v) is 3.44. The smallest absolute Gasteiger partial charge is 0.243 e. The van der Waals surface area contributed by atoms with Crippen LogP contribution in [0.5, 0.6) is 0 Å². The summed E-state index contributed by atoms with van der Waals surface area (Å²) in [6.07, 6.45) is 2.64. The zero-order valence-electron chi connectivity index (χ0n) is 12.0. The molecule has 0 saturated heterocycles. The second-order valence-corrected chi connectivity index (χ2v) is 6.39. The fourth-order valence-electron chi connectivity index (χ4n) is 1.89. The van der Waals surface area contributed by atoms with E-state index in [0.717, 1.165) is 6.42 Å². The summed E-state index contributed by atoms with van der Waals surface area (Å²) >= 11 is 0. The van der Waals surface area contributed by atoms with Gasteiger partial charge in [-0.3, -0.25) is 4.79 Å². The molecule has 0 fully saturated rings. The summed E-state index contributed by atoms with van der Waals surface area (Å²) in [7, 11) is -3.58. The molecule has 4 nitrogen and oxygen atoms in total. The minimum atomic E-state index is -3.58. The first-order chi connectivity index (χ1) is 9.47. The Kier molecular flexibility index (Phi) is 6.10. The summed E-state index contributed by atoms with van der Waals surface area (Å²) < 4.78 is 26.5. The summed E-state index contributed by atoms with van der Waals surface area (Å²) in [5, 5.41) is 0. The van der Waals surface area contributed by atoms with Gasteiger partial charge in [-0.25, -0.2) is 8.42 Å². The predicted molar refractivity (Wildman–Crippen MR) is 80.3 cm³/mol. The van der Waals surface area contributed by atoms with Gasteiger partial charge in [0.05, 0.1) is 4.90 Å². The first kappa shape index (κ1) is 16.6.